The molecule has 0 radical (unpaired) electrons. The molecule has 1 unspecified atom stereocenters. The van der Waals surface area contributed by atoms with Gasteiger partial charge in [-0.2, -0.15) is 0 Å². The first-order chi connectivity index (χ1) is 8.36. The van der Waals surface area contributed by atoms with Gasteiger partial charge >= 0.3 is 0 Å². The average Bonchev–Trinajstić information content (AvgIpc) is 2.57. The van der Waals surface area contributed by atoms with E-state index in [0.717, 1.165) is 12.0 Å². The topological polar surface area (TPSA) is 17.1 Å². The summed E-state index contributed by atoms with van der Waals surface area (Å²) >= 11 is 0. The molecule has 0 aliphatic heterocycles. The van der Waals surface area contributed by atoms with Crippen molar-refractivity contribution in [1.29, 1.82) is 0 Å². The van der Waals surface area contributed by atoms with Crippen LogP contribution in [0.25, 0.3) is 0 Å². The molecule has 2 aliphatic carbocycles. The van der Waals surface area contributed by atoms with Crippen molar-refractivity contribution in [3.63, 3.8) is 0 Å². The first-order valence-electron chi connectivity index (χ1n) is 6.00. The SMILES string of the molecule is O=C1CC(c2ccccc2)C2=C1CC=CC=C2. The fourth-order valence-corrected chi connectivity index (χ4v) is 2.64. The van der Waals surface area contributed by atoms with Crippen molar-refractivity contribution < 1.29 is 4.79 Å². The maximum absolute atomic E-state index is 12.0. The van der Waals surface area contributed by atoms with Gasteiger partial charge in [-0.1, -0.05) is 54.6 Å². The molecule has 2 aliphatic rings. The van der Waals surface area contributed by atoms with Gasteiger partial charge in [-0.15, -0.1) is 0 Å². The highest BCUT2D eigenvalue weighted by atomic mass is 16.1. The van der Waals surface area contributed by atoms with E-state index < -0.39 is 0 Å². The van der Waals surface area contributed by atoms with Crippen LogP contribution in [0.3, 0.4) is 0 Å². The van der Waals surface area contributed by atoms with Gasteiger partial charge in [-0.3, -0.25) is 4.79 Å². The van der Waals surface area contributed by atoms with Crippen LogP contribution in [-0.2, 0) is 4.79 Å². The molecule has 1 heteroatoms. The molecule has 1 aromatic carbocycles. The minimum Gasteiger partial charge on any atom is -0.294 e. The van der Waals surface area contributed by atoms with Crippen molar-refractivity contribution in [2.24, 2.45) is 0 Å². The van der Waals surface area contributed by atoms with Gasteiger partial charge < -0.3 is 0 Å². The average molecular weight is 222 g/mol. The number of benzene rings is 1. The summed E-state index contributed by atoms with van der Waals surface area (Å²) in [7, 11) is 0. The standard InChI is InChI=1S/C16H14O/c17-16-11-15(12-7-3-1-4-8-12)13-9-5-2-6-10-14(13)16/h1-9,15H,10-11H2. The van der Waals surface area contributed by atoms with Crippen molar-refractivity contribution in [3.8, 4) is 0 Å². The molecule has 0 saturated heterocycles. The zero-order valence-electron chi connectivity index (χ0n) is 9.60. The van der Waals surface area contributed by atoms with Crippen LogP contribution in [0.1, 0.15) is 24.3 Å². The Labute approximate surface area is 101 Å². The number of carbonyl (C=O) groups excluding carboxylic acids is 1. The summed E-state index contributed by atoms with van der Waals surface area (Å²) in [6, 6.07) is 10.3. The maximum Gasteiger partial charge on any atom is 0.160 e. The summed E-state index contributed by atoms with van der Waals surface area (Å²) in [5.41, 5.74) is 3.47. The van der Waals surface area contributed by atoms with Crippen molar-refractivity contribution >= 4 is 5.78 Å². The fourth-order valence-electron chi connectivity index (χ4n) is 2.64. The zero-order chi connectivity index (χ0) is 11.7. The Morgan fingerprint density at radius 1 is 1.06 bits per heavy atom. The van der Waals surface area contributed by atoms with E-state index in [9.17, 15) is 4.79 Å². The van der Waals surface area contributed by atoms with Crippen molar-refractivity contribution in [1.82, 2.24) is 0 Å². The second kappa shape index (κ2) is 4.17. The molecule has 0 heterocycles. The summed E-state index contributed by atoms with van der Waals surface area (Å²) in [5, 5.41) is 0. The maximum atomic E-state index is 12.0. The molecule has 0 aromatic heterocycles. The van der Waals surface area contributed by atoms with E-state index in [1.165, 1.54) is 11.1 Å². The molecular formula is C16H14O. The van der Waals surface area contributed by atoms with Crippen molar-refractivity contribution in [3.05, 3.63) is 71.3 Å². The van der Waals surface area contributed by atoms with E-state index >= 15 is 0 Å². The Balaban J connectivity index is 2.04. The number of carbonyl (C=O) groups is 1. The molecule has 0 N–H and O–H groups in total. The molecule has 0 bridgehead atoms. The van der Waals surface area contributed by atoms with E-state index in [0.29, 0.717) is 12.2 Å². The Bertz CT molecular complexity index is 532. The minimum absolute atomic E-state index is 0.259. The second-order valence-electron chi connectivity index (χ2n) is 4.52. The number of Topliss-reactive ketones (excluding diaryl/α,β-unsaturated/α-hetero) is 1. The summed E-state index contributed by atoms with van der Waals surface area (Å²) in [4.78, 5) is 12.0. The third-order valence-electron chi connectivity index (χ3n) is 3.50. The number of rotatable bonds is 1. The number of allylic oxidation sites excluding steroid dienone is 6. The zero-order valence-corrected chi connectivity index (χ0v) is 9.60. The van der Waals surface area contributed by atoms with Gasteiger partial charge in [0, 0.05) is 17.9 Å². The number of hydrogen-bond donors (Lipinski definition) is 0. The Morgan fingerprint density at radius 2 is 1.88 bits per heavy atom. The molecule has 0 amide bonds. The summed E-state index contributed by atoms with van der Waals surface area (Å²) in [6.45, 7) is 0. The monoisotopic (exact) mass is 222 g/mol. The van der Waals surface area contributed by atoms with E-state index in [1.54, 1.807) is 0 Å². The largest absolute Gasteiger partial charge is 0.294 e. The van der Waals surface area contributed by atoms with Crippen LogP contribution in [0.2, 0.25) is 0 Å². The minimum atomic E-state index is 0.259. The first kappa shape index (κ1) is 10.3. The highest BCUT2D eigenvalue weighted by Crippen LogP contribution is 2.40. The molecule has 1 atom stereocenters. The van der Waals surface area contributed by atoms with E-state index in [4.69, 9.17) is 0 Å². The smallest absolute Gasteiger partial charge is 0.160 e. The molecule has 1 nitrogen and oxygen atoms in total. The third-order valence-corrected chi connectivity index (χ3v) is 3.50. The molecule has 17 heavy (non-hydrogen) atoms. The molecular weight excluding hydrogens is 208 g/mol. The van der Waals surface area contributed by atoms with Crippen LogP contribution in [-0.4, -0.2) is 5.78 Å². The molecule has 0 saturated carbocycles. The lowest BCUT2D eigenvalue weighted by molar-refractivity contribution is -0.115. The van der Waals surface area contributed by atoms with Crippen LogP contribution in [0, 0.1) is 0 Å². The lowest BCUT2D eigenvalue weighted by Crippen LogP contribution is -1.98. The van der Waals surface area contributed by atoms with Crippen molar-refractivity contribution in [2.45, 2.75) is 18.8 Å². The lowest BCUT2D eigenvalue weighted by Gasteiger charge is -2.11. The summed E-state index contributed by atoms with van der Waals surface area (Å²) in [6.07, 6.45) is 9.63. The van der Waals surface area contributed by atoms with Crippen LogP contribution >= 0.6 is 0 Å². The first-order valence-corrected chi connectivity index (χ1v) is 6.00. The molecule has 84 valence electrons. The highest BCUT2D eigenvalue weighted by molar-refractivity contribution is 6.01. The van der Waals surface area contributed by atoms with Gasteiger partial charge in [-0.05, 0) is 17.6 Å². The molecule has 1 aromatic rings. The van der Waals surface area contributed by atoms with Gasteiger partial charge in [0.25, 0.3) is 0 Å². The number of ketones is 1. The van der Waals surface area contributed by atoms with Gasteiger partial charge in [0.05, 0.1) is 0 Å². The van der Waals surface area contributed by atoms with Gasteiger partial charge in [0.2, 0.25) is 0 Å². The quantitative estimate of drug-likeness (QED) is 0.710. The number of hydrogen-bond acceptors (Lipinski definition) is 1. The fraction of sp³-hybridized carbons (Fsp3) is 0.188. The Morgan fingerprint density at radius 3 is 2.71 bits per heavy atom. The summed E-state index contributed by atoms with van der Waals surface area (Å²) < 4.78 is 0. The third kappa shape index (κ3) is 1.78. The normalized spacial score (nSPS) is 22.8. The predicted molar refractivity (Wildman–Crippen MR) is 68.7 cm³/mol. The van der Waals surface area contributed by atoms with E-state index in [1.807, 2.05) is 30.4 Å². The van der Waals surface area contributed by atoms with Gasteiger partial charge in [0.1, 0.15) is 0 Å². The predicted octanol–water partition coefficient (Wildman–Crippen LogP) is 3.56. The Hall–Kier alpha value is -1.89. The van der Waals surface area contributed by atoms with Crippen LogP contribution in [0.5, 0.6) is 0 Å². The van der Waals surface area contributed by atoms with Crippen LogP contribution in [0.4, 0.5) is 0 Å². The van der Waals surface area contributed by atoms with Gasteiger partial charge in [-0.25, -0.2) is 0 Å². The van der Waals surface area contributed by atoms with Crippen LogP contribution < -0.4 is 0 Å². The molecule has 0 spiro atoms. The highest BCUT2D eigenvalue weighted by Gasteiger charge is 2.31. The molecule has 3 rings (SSSR count). The lowest BCUT2D eigenvalue weighted by atomic mass is 9.92. The van der Waals surface area contributed by atoms with Gasteiger partial charge in [0.15, 0.2) is 5.78 Å². The second-order valence-corrected chi connectivity index (χ2v) is 4.52. The molecule has 0 fully saturated rings. The van der Waals surface area contributed by atoms with Crippen molar-refractivity contribution in [2.75, 3.05) is 0 Å². The summed E-state index contributed by atoms with van der Waals surface area (Å²) in [5.74, 6) is 0.569. The Kier molecular flexibility index (Phi) is 2.52. The van der Waals surface area contributed by atoms with E-state index in [2.05, 4.69) is 24.3 Å². The van der Waals surface area contributed by atoms with E-state index in [-0.39, 0.29) is 5.92 Å². The van der Waals surface area contributed by atoms with Crippen LogP contribution in [0.15, 0.2) is 65.8 Å².